The van der Waals surface area contributed by atoms with Crippen LogP contribution in [-0.4, -0.2) is 36.0 Å². The molecule has 0 bridgehead atoms. The van der Waals surface area contributed by atoms with Crippen LogP contribution in [0.2, 0.25) is 0 Å². The van der Waals surface area contributed by atoms with Crippen LogP contribution in [-0.2, 0) is 14.4 Å². The summed E-state index contributed by atoms with van der Waals surface area (Å²) in [6, 6.07) is 0. The van der Waals surface area contributed by atoms with Crippen LogP contribution < -0.4 is 10.6 Å². The number of amides is 2. The molecule has 0 aliphatic heterocycles. The van der Waals surface area contributed by atoms with Gasteiger partial charge in [-0.1, -0.05) is 6.08 Å². The molecule has 0 saturated heterocycles. The van der Waals surface area contributed by atoms with Gasteiger partial charge in [0, 0.05) is 6.42 Å². The van der Waals surface area contributed by atoms with Gasteiger partial charge in [-0.05, 0) is 6.42 Å². The predicted octanol–water partition coefficient (Wildman–Crippen LogP) is -0.730. The molecular weight excluding hydrogens is 200 g/mol. The van der Waals surface area contributed by atoms with Crippen molar-refractivity contribution in [2.75, 3.05) is 13.1 Å². The van der Waals surface area contributed by atoms with Crippen LogP contribution in [0.4, 0.5) is 0 Å². The molecule has 0 unspecified atom stereocenters. The van der Waals surface area contributed by atoms with Gasteiger partial charge in [0.05, 0.1) is 6.54 Å². The normalized spacial score (nSPS) is 9.07. The maximum Gasteiger partial charge on any atom is 0.322 e. The summed E-state index contributed by atoms with van der Waals surface area (Å²) < 4.78 is 0. The molecule has 0 aromatic carbocycles. The van der Waals surface area contributed by atoms with Gasteiger partial charge in [0.15, 0.2) is 0 Å². The number of carboxylic acids is 1. The third kappa shape index (κ3) is 8.48. The number of rotatable bonds is 7. The Morgan fingerprint density at radius 1 is 1.13 bits per heavy atom. The minimum Gasteiger partial charge on any atom is -0.480 e. The number of hydrogen-bond acceptors (Lipinski definition) is 3. The van der Waals surface area contributed by atoms with Crippen molar-refractivity contribution >= 4 is 17.8 Å². The summed E-state index contributed by atoms with van der Waals surface area (Å²) in [5.74, 6) is -1.91. The molecule has 0 radical (unpaired) electrons. The van der Waals surface area contributed by atoms with Crippen LogP contribution in [0.15, 0.2) is 12.7 Å². The molecule has 15 heavy (non-hydrogen) atoms. The third-order valence-corrected chi connectivity index (χ3v) is 1.46. The van der Waals surface area contributed by atoms with E-state index in [1.165, 1.54) is 0 Å². The summed E-state index contributed by atoms with van der Waals surface area (Å²) >= 11 is 0. The third-order valence-electron chi connectivity index (χ3n) is 1.46. The Kier molecular flexibility index (Phi) is 6.61. The molecule has 0 aliphatic carbocycles. The van der Waals surface area contributed by atoms with E-state index >= 15 is 0 Å². The van der Waals surface area contributed by atoms with Gasteiger partial charge in [-0.15, -0.1) is 6.58 Å². The molecule has 84 valence electrons. The zero-order valence-electron chi connectivity index (χ0n) is 8.28. The summed E-state index contributed by atoms with van der Waals surface area (Å²) in [5, 5.41) is 12.7. The van der Waals surface area contributed by atoms with Gasteiger partial charge < -0.3 is 15.7 Å². The molecule has 0 aliphatic rings. The number of hydrogen-bond donors (Lipinski definition) is 3. The standard InChI is InChI=1S/C9H14N2O4/c1-2-3-4-7(12)10-5-8(13)11-6-9(14)15/h2H,1,3-6H2,(H,10,12)(H,11,13)(H,14,15). The van der Waals surface area contributed by atoms with Crippen LogP contribution in [0.25, 0.3) is 0 Å². The van der Waals surface area contributed by atoms with Crippen molar-refractivity contribution < 1.29 is 19.5 Å². The van der Waals surface area contributed by atoms with Crippen LogP contribution in [0.5, 0.6) is 0 Å². The molecule has 0 aromatic rings. The van der Waals surface area contributed by atoms with Gasteiger partial charge in [-0.25, -0.2) is 0 Å². The second-order valence-electron chi connectivity index (χ2n) is 2.77. The number of allylic oxidation sites excluding steroid dienone is 1. The lowest BCUT2D eigenvalue weighted by molar-refractivity contribution is -0.137. The first-order chi connectivity index (χ1) is 7.06. The fourth-order valence-electron chi connectivity index (χ4n) is 0.737. The van der Waals surface area contributed by atoms with Crippen molar-refractivity contribution in [2.45, 2.75) is 12.8 Å². The van der Waals surface area contributed by atoms with E-state index in [2.05, 4.69) is 17.2 Å². The minimum atomic E-state index is -1.12. The summed E-state index contributed by atoms with van der Waals surface area (Å²) in [6.07, 6.45) is 2.42. The molecule has 0 rings (SSSR count). The van der Waals surface area contributed by atoms with E-state index in [0.717, 1.165) is 0 Å². The zero-order valence-corrected chi connectivity index (χ0v) is 8.28. The second-order valence-corrected chi connectivity index (χ2v) is 2.77. The SMILES string of the molecule is C=CCCC(=O)NCC(=O)NCC(=O)O. The second kappa shape index (κ2) is 7.54. The summed E-state index contributed by atoms with van der Waals surface area (Å²) in [7, 11) is 0. The first-order valence-corrected chi connectivity index (χ1v) is 4.42. The Bertz CT molecular complexity index is 263. The minimum absolute atomic E-state index is 0.205. The number of carbonyl (C=O) groups is 3. The highest BCUT2D eigenvalue weighted by atomic mass is 16.4. The summed E-state index contributed by atoms with van der Waals surface area (Å²) in [6.45, 7) is 2.80. The van der Waals surface area contributed by atoms with E-state index in [0.29, 0.717) is 6.42 Å². The molecule has 0 fully saturated rings. The predicted molar refractivity (Wildman–Crippen MR) is 53.1 cm³/mol. The van der Waals surface area contributed by atoms with Crippen molar-refractivity contribution in [3.8, 4) is 0 Å². The molecule has 6 heteroatoms. The first-order valence-electron chi connectivity index (χ1n) is 4.42. The molecule has 0 spiro atoms. The van der Waals surface area contributed by atoms with Gasteiger partial charge >= 0.3 is 5.97 Å². The molecule has 0 aromatic heterocycles. The van der Waals surface area contributed by atoms with E-state index in [1.54, 1.807) is 6.08 Å². The largest absolute Gasteiger partial charge is 0.480 e. The van der Waals surface area contributed by atoms with Crippen molar-refractivity contribution in [3.63, 3.8) is 0 Å². The Morgan fingerprint density at radius 2 is 1.73 bits per heavy atom. The van der Waals surface area contributed by atoms with Gasteiger partial charge in [0.1, 0.15) is 6.54 Å². The number of carbonyl (C=O) groups excluding carboxylic acids is 2. The van der Waals surface area contributed by atoms with E-state index in [9.17, 15) is 14.4 Å². The van der Waals surface area contributed by atoms with E-state index < -0.39 is 18.4 Å². The average molecular weight is 214 g/mol. The lowest BCUT2D eigenvalue weighted by atomic mass is 10.3. The van der Waals surface area contributed by atoms with Crippen molar-refractivity contribution in [1.82, 2.24) is 10.6 Å². The molecule has 0 saturated carbocycles. The molecule has 3 N–H and O–H groups in total. The Balaban J connectivity index is 3.57. The smallest absolute Gasteiger partial charge is 0.322 e. The number of carboxylic acid groups (broad SMARTS) is 1. The number of nitrogens with one attached hydrogen (secondary N) is 2. The Hall–Kier alpha value is -1.85. The maximum absolute atomic E-state index is 11.0. The van der Waals surface area contributed by atoms with Gasteiger partial charge in [0.2, 0.25) is 11.8 Å². The molecular formula is C9H14N2O4. The first kappa shape index (κ1) is 13.2. The molecule has 2 amide bonds. The Morgan fingerprint density at radius 3 is 2.27 bits per heavy atom. The lowest BCUT2D eigenvalue weighted by Gasteiger charge is -2.04. The van der Waals surface area contributed by atoms with E-state index in [4.69, 9.17) is 5.11 Å². The van der Waals surface area contributed by atoms with Crippen LogP contribution in [0, 0.1) is 0 Å². The van der Waals surface area contributed by atoms with E-state index in [-0.39, 0.29) is 18.9 Å². The quantitative estimate of drug-likeness (QED) is 0.487. The van der Waals surface area contributed by atoms with Crippen LogP contribution in [0.3, 0.4) is 0 Å². The lowest BCUT2D eigenvalue weighted by Crippen LogP contribution is -2.38. The van der Waals surface area contributed by atoms with Crippen LogP contribution in [0.1, 0.15) is 12.8 Å². The topological polar surface area (TPSA) is 95.5 Å². The maximum atomic E-state index is 11.0. The molecule has 0 atom stereocenters. The monoisotopic (exact) mass is 214 g/mol. The fraction of sp³-hybridized carbons (Fsp3) is 0.444. The van der Waals surface area contributed by atoms with Gasteiger partial charge in [0.25, 0.3) is 0 Å². The highest BCUT2D eigenvalue weighted by Crippen LogP contribution is 1.87. The van der Waals surface area contributed by atoms with Gasteiger partial charge in [-0.2, -0.15) is 0 Å². The van der Waals surface area contributed by atoms with Crippen molar-refractivity contribution in [1.29, 1.82) is 0 Å². The fourth-order valence-corrected chi connectivity index (χ4v) is 0.737. The zero-order chi connectivity index (χ0) is 11.7. The van der Waals surface area contributed by atoms with E-state index in [1.807, 2.05) is 0 Å². The van der Waals surface area contributed by atoms with Gasteiger partial charge in [-0.3, -0.25) is 14.4 Å². The highest BCUT2D eigenvalue weighted by molar-refractivity contribution is 5.86. The molecule has 6 nitrogen and oxygen atoms in total. The number of aliphatic carboxylic acids is 1. The average Bonchev–Trinajstić information content (AvgIpc) is 2.20. The van der Waals surface area contributed by atoms with Crippen molar-refractivity contribution in [2.24, 2.45) is 0 Å². The molecule has 0 heterocycles. The van der Waals surface area contributed by atoms with Crippen molar-refractivity contribution in [3.05, 3.63) is 12.7 Å². The summed E-state index contributed by atoms with van der Waals surface area (Å²) in [5.41, 5.74) is 0. The Labute approximate surface area is 87.3 Å². The van der Waals surface area contributed by atoms with Crippen LogP contribution >= 0.6 is 0 Å². The summed E-state index contributed by atoms with van der Waals surface area (Å²) in [4.78, 5) is 32.0. The highest BCUT2D eigenvalue weighted by Gasteiger charge is 2.05.